The number of aromatic carboxylic acids is 1. The molecule has 0 fully saturated rings. The maximum atomic E-state index is 13.0. The van der Waals surface area contributed by atoms with Gasteiger partial charge < -0.3 is 25.1 Å². The van der Waals surface area contributed by atoms with Crippen molar-refractivity contribution in [3.05, 3.63) is 56.7 Å². The number of hydrogen-bond donors (Lipinski definition) is 1. The number of carboxylic acid groups (broad SMARTS) is 1. The monoisotopic (exact) mass is 534 g/mol. The van der Waals surface area contributed by atoms with Gasteiger partial charge in [-0.2, -0.15) is 10.1 Å². The van der Waals surface area contributed by atoms with Crippen LogP contribution in [0, 0.1) is 3.57 Å². The summed E-state index contributed by atoms with van der Waals surface area (Å²) in [6, 6.07) is 9.21. The molecule has 0 bridgehead atoms. The topological polar surface area (TPSA) is 134 Å². The number of ether oxygens (including phenoxy) is 2. The zero-order chi connectivity index (χ0) is 22.7. The number of halogens is 1. The van der Waals surface area contributed by atoms with Gasteiger partial charge in [-0.3, -0.25) is 9.59 Å². The number of nitrogens with zero attached hydrogens (tertiary/aromatic N) is 2. The van der Waals surface area contributed by atoms with Gasteiger partial charge in [0, 0.05) is 0 Å². The third kappa shape index (κ3) is 4.85. The van der Waals surface area contributed by atoms with Crippen LogP contribution in [0.25, 0.3) is 6.08 Å². The number of primary amides is 1. The molecule has 0 radical (unpaired) electrons. The van der Waals surface area contributed by atoms with Gasteiger partial charge in [0.05, 0.1) is 33.6 Å². The minimum absolute atomic E-state index is 0.0542. The van der Waals surface area contributed by atoms with Crippen LogP contribution < -0.4 is 25.3 Å². The molecule has 9 nitrogen and oxygen atoms in total. The highest BCUT2D eigenvalue weighted by molar-refractivity contribution is 14.1. The standard InChI is InChI=1S/C21H18IN3O6/c1-11-15(20(27)25(24-11)14-5-3-4-13(9-14)21(28)29)6-12-7-16(22)19(17(8-12)30-2)31-10-18(23)26/h3-9H,10H2,1-2H3,(H2,23,26)(H,28,29)/p-1/b15-6-. The van der Waals surface area contributed by atoms with Gasteiger partial charge in [-0.05, 0) is 71.0 Å². The van der Waals surface area contributed by atoms with Crippen LogP contribution in [-0.2, 0) is 9.59 Å². The van der Waals surface area contributed by atoms with Crippen molar-refractivity contribution in [3.8, 4) is 11.5 Å². The molecular weight excluding hydrogens is 517 g/mol. The second-order valence-electron chi connectivity index (χ2n) is 6.49. The second kappa shape index (κ2) is 9.16. The largest absolute Gasteiger partial charge is 0.545 e. The van der Waals surface area contributed by atoms with Crippen molar-refractivity contribution in [3.63, 3.8) is 0 Å². The maximum Gasteiger partial charge on any atom is 0.280 e. The summed E-state index contributed by atoms with van der Waals surface area (Å²) in [6.07, 6.45) is 1.65. The van der Waals surface area contributed by atoms with E-state index in [0.29, 0.717) is 37.6 Å². The predicted octanol–water partition coefficient (Wildman–Crippen LogP) is 1.33. The summed E-state index contributed by atoms with van der Waals surface area (Å²) in [5.41, 5.74) is 6.84. The zero-order valence-electron chi connectivity index (χ0n) is 16.5. The van der Waals surface area contributed by atoms with Gasteiger partial charge in [-0.15, -0.1) is 0 Å². The Bertz CT molecular complexity index is 1140. The Balaban J connectivity index is 1.94. The van der Waals surface area contributed by atoms with Gasteiger partial charge in [-0.1, -0.05) is 12.1 Å². The molecular formula is C21H17IN3O6-. The van der Waals surface area contributed by atoms with Crippen LogP contribution in [0.1, 0.15) is 22.8 Å². The Morgan fingerprint density at radius 1 is 1.29 bits per heavy atom. The van der Waals surface area contributed by atoms with E-state index in [1.165, 1.54) is 25.3 Å². The van der Waals surface area contributed by atoms with E-state index in [9.17, 15) is 19.5 Å². The first-order chi connectivity index (χ1) is 14.7. The summed E-state index contributed by atoms with van der Waals surface area (Å²) in [7, 11) is 1.46. The van der Waals surface area contributed by atoms with Gasteiger partial charge in [0.25, 0.3) is 11.8 Å². The van der Waals surface area contributed by atoms with E-state index < -0.39 is 17.8 Å². The third-order valence-electron chi connectivity index (χ3n) is 4.31. The molecule has 160 valence electrons. The number of hydrazone groups is 1. The molecule has 0 aromatic heterocycles. The summed E-state index contributed by atoms with van der Waals surface area (Å²) >= 11 is 2.03. The van der Waals surface area contributed by atoms with Crippen molar-refractivity contribution in [2.24, 2.45) is 10.8 Å². The number of carbonyl (C=O) groups excluding carboxylic acids is 3. The van der Waals surface area contributed by atoms with E-state index in [-0.39, 0.29) is 12.2 Å². The predicted molar refractivity (Wildman–Crippen MR) is 120 cm³/mol. The minimum Gasteiger partial charge on any atom is -0.545 e. The van der Waals surface area contributed by atoms with Gasteiger partial charge in [0.2, 0.25) is 0 Å². The van der Waals surface area contributed by atoms with Gasteiger partial charge in [0.15, 0.2) is 18.1 Å². The van der Waals surface area contributed by atoms with Crippen LogP contribution in [0.2, 0.25) is 0 Å². The Morgan fingerprint density at radius 3 is 2.68 bits per heavy atom. The average molecular weight is 534 g/mol. The van der Waals surface area contributed by atoms with Gasteiger partial charge >= 0.3 is 0 Å². The Labute approximate surface area is 191 Å². The number of methoxy groups -OCH3 is 1. The highest BCUT2D eigenvalue weighted by Crippen LogP contribution is 2.35. The van der Waals surface area contributed by atoms with E-state index in [0.717, 1.165) is 5.01 Å². The molecule has 3 rings (SSSR count). The maximum absolute atomic E-state index is 13.0. The van der Waals surface area contributed by atoms with E-state index in [1.807, 2.05) is 22.6 Å². The first-order valence-corrected chi connectivity index (χ1v) is 10.0. The number of hydrogen-bond acceptors (Lipinski definition) is 7. The van der Waals surface area contributed by atoms with Crippen molar-refractivity contribution in [2.45, 2.75) is 6.92 Å². The van der Waals surface area contributed by atoms with Crippen LogP contribution in [-0.4, -0.2) is 37.2 Å². The van der Waals surface area contributed by atoms with Crippen molar-refractivity contribution < 1.29 is 29.0 Å². The number of nitrogens with two attached hydrogens (primary N) is 1. The molecule has 2 aromatic rings. The molecule has 0 spiro atoms. The summed E-state index contributed by atoms with van der Waals surface area (Å²) in [4.78, 5) is 35.1. The van der Waals surface area contributed by atoms with Gasteiger partial charge in [0.1, 0.15) is 0 Å². The minimum atomic E-state index is -1.34. The van der Waals surface area contributed by atoms with Crippen molar-refractivity contribution >= 4 is 57.8 Å². The van der Waals surface area contributed by atoms with Crippen molar-refractivity contribution in [1.82, 2.24) is 0 Å². The van der Waals surface area contributed by atoms with E-state index in [4.69, 9.17) is 15.2 Å². The first kappa shape index (κ1) is 22.3. The van der Waals surface area contributed by atoms with Gasteiger partial charge in [-0.25, -0.2) is 0 Å². The number of carboxylic acids is 1. The van der Waals surface area contributed by atoms with Crippen LogP contribution in [0.3, 0.4) is 0 Å². The summed E-state index contributed by atoms with van der Waals surface area (Å²) in [5, 5.41) is 16.5. The lowest BCUT2D eigenvalue weighted by Gasteiger charge is -2.14. The molecule has 2 N–H and O–H groups in total. The molecule has 2 aromatic carbocycles. The van der Waals surface area contributed by atoms with Crippen LogP contribution in [0.5, 0.6) is 11.5 Å². The quantitative estimate of drug-likeness (QED) is 0.421. The molecule has 0 aliphatic carbocycles. The fourth-order valence-electron chi connectivity index (χ4n) is 2.90. The molecule has 31 heavy (non-hydrogen) atoms. The first-order valence-electron chi connectivity index (χ1n) is 8.93. The zero-order valence-corrected chi connectivity index (χ0v) is 18.7. The lowest BCUT2D eigenvalue weighted by molar-refractivity contribution is -0.255. The molecule has 1 heterocycles. The Hall–Kier alpha value is -3.41. The normalized spacial score (nSPS) is 14.5. The second-order valence-corrected chi connectivity index (χ2v) is 7.65. The van der Waals surface area contributed by atoms with E-state index in [1.54, 1.807) is 31.2 Å². The fourth-order valence-corrected chi connectivity index (χ4v) is 3.68. The lowest BCUT2D eigenvalue weighted by Crippen LogP contribution is -2.24. The van der Waals surface area contributed by atoms with E-state index >= 15 is 0 Å². The highest BCUT2D eigenvalue weighted by Gasteiger charge is 2.29. The third-order valence-corrected chi connectivity index (χ3v) is 5.11. The van der Waals surface area contributed by atoms with Crippen LogP contribution >= 0.6 is 22.6 Å². The lowest BCUT2D eigenvalue weighted by atomic mass is 10.1. The molecule has 0 atom stereocenters. The highest BCUT2D eigenvalue weighted by atomic mass is 127. The number of benzene rings is 2. The number of amides is 2. The molecule has 1 aliphatic heterocycles. The van der Waals surface area contributed by atoms with Crippen LogP contribution in [0.4, 0.5) is 5.69 Å². The molecule has 2 amide bonds. The SMILES string of the molecule is COc1cc(/C=C2\C(=O)N(c3cccc(C(=O)[O-])c3)N=C2C)cc(I)c1OCC(N)=O. The molecule has 1 aliphatic rings. The number of anilines is 1. The smallest absolute Gasteiger partial charge is 0.280 e. The fraction of sp³-hybridized carbons (Fsp3) is 0.143. The van der Waals surface area contributed by atoms with Crippen molar-refractivity contribution in [2.75, 3.05) is 18.7 Å². The number of rotatable bonds is 7. The summed E-state index contributed by atoms with van der Waals surface area (Å²) < 4.78 is 11.4. The Morgan fingerprint density at radius 2 is 2.03 bits per heavy atom. The number of carbonyl (C=O) groups is 3. The molecule has 0 saturated carbocycles. The Kier molecular flexibility index (Phi) is 6.59. The molecule has 10 heteroatoms. The average Bonchev–Trinajstić information content (AvgIpc) is 3.00. The molecule has 0 saturated heterocycles. The molecule has 0 unspecified atom stereocenters. The van der Waals surface area contributed by atoms with Crippen LogP contribution in [0.15, 0.2) is 47.1 Å². The van der Waals surface area contributed by atoms with Crippen molar-refractivity contribution in [1.29, 1.82) is 0 Å². The van der Waals surface area contributed by atoms with E-state index in [2.05, 4.69) is 5.10 Å². The summed E-state index contributed by atoms with van der Waals surface area (Å²) in [5.74, 6) is -1.62. The summed E-state index contributed by atoms with van der Waals surface area (Å²) in [6.45, 7) is 1.38.